The van der Waals surface area contributed by atoms with Crippen LogP contribution in [0.5, 0.6) is 0 Å². The van der Waals surface area contributed by atoms with Crippen molar-refractivity contribution in [1.29, 1.82) is 0 Å². The standard InChI is InChI=1S/C20H22N6O2/c1-4-13(2)22-20-24-17(15-7-6-10-21-12-15)11-19(25-20)23-16-8-5-9-18(14(16)3)26(27)28/h5-13H,4H2,1-3H3,(H2,22,23,24,25)/t13-/m0/s1. The van der Waals surface area contributed by atoms with Crippen LogP contribution in [0.3, 0.4) is 0 Å². The molecule has 0 bridgehead atoms. The van der Waals surface area contributed by atoms with Crippen LogP contribution in [0.15, 0.2) is 48.8 Å². The lowest BCUT2D eigenvalue weighted by Crippen LogP contribution is -2.16. The first kappa shape index (κ1) is 19.2. The van der Waals surface area contributed by atoms with Crippen LogP contribution in [-0.2, 0) is 0 Å². The highest BCUT2D eigenvalue weighted by atomic mass is 16.6. The van der Waals surface area contributed by atoms with Gasteiger partial charge in [0.05, 0.1) is 16.2 Å². The fourth-order valence-corrected chi connectivity index (χ4v) is 2.66. The van der Waals surface area contributed by atoms with Gasteiger partial charge in [-0.05, 0) is 38.5 Å². The molecule has 0 saturated carbocycles. The quantitative estimate of drug-likeness (QED) is 0.453. The van der Waals surface area contributed by atoms with Crippen molar-refractivity contribution in [2.24, 2.45) is 0 Å². The highest BCUT2D eigenvalue weighted by molar-refractivity contribution is 5.70. The summed E-state index contributed by atoms with van der Waals surface area (Å²) in [5, 5.41) is 17.7. The van der Waals surface area contributed by atoms with Gasteiger partial charge in [0.2, 0.25) is 5.95 Å². The van der Waals surface area contributed by atoms with Crippen molar-refractivity contribution in [3.05, 3.63) is 64.5 Å². The Labute approximate surface area is 163 Å². The summed E-state index contributed by atoms with van der Waals surface area (Å²) in [4.78, 5) is 24.1. The summed E-state index contributed by atoms with van der Waals surface area (Å²) in [6, 6.07) is 10.7. The van der Waals surface area contributed by atoms with Gasteiger partial charge in [-0.1, -0.05) is 13.0 Å². The van der Waals surface area contributed by atoms with E-state index >= 15 is 0 Å². The zero-order valence-electron chi connectivity index (χ0n) is 16.0. The van der Waals surface area contributed by atoms with Crippen LogP contribution in [0.4, 0.5) is 23.1 Å². The number of hydrogen-bond donors (Lipinski definition) is 2. The van der Waals surface area contributed by atoms with E-state index in [2.05, 4.69) is 39.4 Å². The molecular weight excluding hydrogens is 356 g/mol. The second-order valence-corrected chi connectivity index (χ2v) is 6.49. The van der Waals surface area contributed by atoms with Gasteiger partial charge >= 0.3 is 0 Å². The van der Waals surface area contributed by atoms with Gasteiger partial charge in [0, 0.05) is 41.8 Å². The van der Waals surface area contributed by atoms with E-state index in [0.29, 0.717) is 28.7 Å². The fraction of sp³-hybridized carbons (Fsp3) is 0.250. The lowest BCUT2D eigenvalue weighted by Gasteiger charge is -2.15. The molecule has 2 N–H and O–H groups in total. The van der Waals surface area contributed by atoms with Gasteiger partial charge in [-0.25, -0.2) is 4.98 Å². The van der Waals surface area contributed by atoms with E-state index in [1.54, 1.807) is 37.5 Å². The highest BCUT2D eigenvalue weighted by Gasteiger charge is 2.15. The van der Waals surface area contributed by atoms with Crippen molar-refractivity contribution < 1.29 is 4.92 Å². The lowest BCUT2D eigenvalue weighted by molar-refractivity contribution is -0.385. The first-order chi connectivity index (χ1) is 13.5. The van der Waals surface area contributed by atoms with Crippen molar-refractivity contribution in [3.8, 4) is 11.3 Å². The number of pyridine rings is 1. The number of nitrogens with zero attached hydrogens (tertiary/aromatic N) is 4. The van der Waals surface area contributed by atoms with Gasteiger partial charge in [0.15, 0.2) is 0 Å². The monoisotopic (exact) mass is 378 g/mol. The van der Waals surface area contributed by atoms with E-state index in [4.69, 9.17) is 0 Å². The Bertz CT molecular complexity index is 978. The Morgan fingerprint density at radius 2 is 2.04 bits per heavy atom. The molecule has 144 valence electrons. The molecule has 2 heterocycles. The predicted molar refractivity (Wildman–Crippen MR) is 110 cm³/mol. The first-order valence-electron chi connectivity index (χ1n) is 9.05. The molecule has 3 aromatic rings. The van der Waals surface area contributed by atoms with E-state index in [1.807, 2.05) is 12.1 Å². The minimum Gasteiger partial charge on any atom is -0.352 e. The second-order valence-electron chi connectivity index (χ2n) is 6.49. The summed E-state index contributed by atoms with van der Waals surface area (Å²) in [6.07, 6.45) is 4.36. The van der Waals surface area contributed by atoms with Gasteiger partial charge in [-0.2, -0.15) is 4.98 Å². The van der Waals surface area contributed by atoms with Crippen molar-refractivity contribution in [1.82, 2.24) is 15.0 Å². The zero-order chi connectivity index (χ0) is 20.1. The van der Waals surface area contributed by atoms with Gasteiger partial charge in [-0.15, -0.1) is 0 Å². The van der Waals surface area contributed by atoms with Crippen LogP contribution in [0.1, 0.15) is 25.8 Å². The second kappa shape index (κ2) is 8.43. The molecule has 1 atom stereocenters. The molecule has 0 radical (unpaired) electrons. The van der Waals surface area contributed by atoms with E-state index < -0.39 is 4.92 Å². The maximum atomic E-state index is 11.2. The molecule has 0 aliphatic heterocycles. The lowest BCUT2D eigenvalue weighted by atomic mass is 10.1. The summed E-state index contributed by atoms with van der Waals surface area (Å²) >= 11 is 0. The van der Waals surface area contributed by atoms with Crippen molar-refractivity contribution in [2.75, 3.05) is 10.6 Å². The zero-order valence-corrected chi connectivity index (χ0v) is 16.0. The molecule has 0 saturated heterocycles. The largest absolute Gasteiger partial charge is 0.352 e. The maximum absolute atomic E-state index is 11.2. The van der Waals surface area contributed by atoms with Crippen molar-refractivity contribution in [2.45, 2.75) is 33.2 Å². The van der Waals surface area contributed by atoms with Crippen LogP contribution < -0.4 is 10.6 Å². The van der Waals surface area contributed by atoms with Gasteiger partial charge in [0.25, 0.3) is 5.69 Å². The summed E-state index contributed by atoms with van der Waals surface area (Å²) in [5.74, 6) is 1.03. The maximum Gasteiger partial charge on any atom is 0.274 e. The number of nitro groups is 1. The first-order valence-corrected chi connectivity index (χ1v) is 9.05. The molecule has 8 nitrogen and oxygen atoms in total. The van der Waals surface area contributed by atoms with Crippen LogP contribution in [0.2, 0.25) is 0 Å². The van der Waals surface area contributed by atoms with E-state index in [1.165, 1.54) is 6.07 Å². The Hall–Kier alpha value is -3.55. The normalized spacial score (nSPS) is 11.7. The number of hydrogen-bond acceptors (Lipinski definition) is 7. The number of aromatic nitrogens is 3. The molecule has 0 unspecified atom stereocenters. The average molecular weight is 378 g/mol. The summed E-state index contributed by atoms with van der Waals surface area (Å²) in [5.41, 5.74) is 2.80. The summed E-state index contributed by atoms with van der Waals surface area (Å²) in [6.45, 7) is 5.84. The van der Waals surface area contributed by atoms with Crippen molar-refractivity contribution >= 4 is 23.1 Å². The van der Waals surface area contributed by atoms with E-state index in [0.717, 1.165) is 12.0 Å². The number of anilines is 3. The summed E-state index contributed by atoms with van der Waals surface area (Å²) in [7, 11) is 0. The SMILES string of the molecule is CC[C@H](C)Nc1nc(Nc2cccc([N+](=O)[O-])c2C)cc(-c2cccnc2)n1. The number of benzene rings is 1. The number of nitro benzene ring substituents is 1. The van der Waals surface area contributed by atoms with Gasteiger partial charge in [-0.3, -0.25) is 15.1 Å². The Morgan fingerprint density at radius 3 is 2.71 bits per heavy atom. The molecule has 1 aromatic carbocycles. The van der Waals surface area contributed by atoms with Crippen LogP contribution in [-0.4, -0.2) is 25.9 Å². The molecule has 3 rings (SSSR count). The fourth-order valence-electron chi connectivity index (χ4n) is 2.66. The molecule has 0 amide bonds. The average Bonchev–Trinajstić information content (AvgIpc) is 2.69. The third kappa shape index (κ3) is 4.40. The Balaban J connectivity index is 2.01. The van der Waals surface area contributed by atoms with Gasteiger partial charge < -0.3 is 10.6 Å². The third-order valence-corrected chi connectivity index (χ3v) is 4.44. The van der Waals surface area contributed by atoms with E-state index in [9.17, 15) is 10.1 Å². The van der Waals surface area contributed by atoms with Crippen LogP contribution in [0, 0.1) is 17.0 Å². The molecule has 0 aliphatic carbocycles. The minimum atomic E-state index is -0.391. The number of nitrogens with one attached hydrogen (secondary N) is 2. The topological polar surface area (TPSA) is 106 Å². The van der Waals surface area contributed by atoms with Gasteiger partial charge in [0.1, 0.15) is 5.82 Å². The molecule has 28 heavy (non-hydrogen) atoms. The van der Waals surface area contributed by atoms with Crippen LogP contribution in [0.25, 0.3) is 11.3 Å². The Morgan fingerprint density at radius 1 is 1.21 bits per heavy atom. The molecule has 0 spiro atoms. The molecular formula is C20H22N6O2. The molecule has 8 heteroatoms. The van der Waals surface area contributed by atoms with E-state index in [-0.39, 0.29) is 11.7 Å². The molecule has 0 aliphatic rings. The molecule has 0 fully saturated rings. The predicted octanol–water partition coefficient (Wildman–Crippen LogP) is 4.71. The number of rotatable bonds is 7. The minimum absolute atomic E-state index is 0.0597. The van der Waals surface area contributed by atoms with Crippen molar-refractivity contribution in [3.63, 3.8) is 0 Å². The smallest absolute Gasteiger partial charge is 0.274 e. The van der Waals surface area contributed by atoms with Crippen LogP contribution >= 0.6 is 0 Å². The summed E-state index contributed by atoms with van der Waals surface area (Å²) < 4.78 is 0. The molecule has 2 aromatic heterocycles. The third-order valence-electron chi connectivity index (χ3n) is 4.44. The Kier molecular flexibility index (Phi) is 5.78. The highest BCUT2D eigenvalue weighted by Crippen LogP contribution is 2.29.